The predicted molar refractivity (Wildman–Crippen MR) is 82.8 cm³/mol. The molecule has 0 saturated heterocycles. The number of imidazole rings is 1. The van der Waals surface area contributed by atoms with Gasteiger partial charge in [0.05, 0.1) is 6.21 Å². The molecule has 0 radical (unpaired) electrons. The third kappa shape index (κ3) is 2.77. The number of nitrogens with one attached hydrogen (secondary N) is 1. The highest BCUT2D eigenvalue weighted by atomic mass is 16.7. The van der Waals surface area contributed by atoms with Crippen LogP contribution in [0.5, 0.6) is 11.5 Å². The molecule has 0 saturated carbocycles. The van der Waals surface area contributed by atoms with Gasteiger partial charge in [-0.3, -0.25) is 4.79 Å². The Hall–Kier alpha value is -2.83. The van der Waals surface area contributed by atoms with Crippen molar-refractivity contribution < 1.29 is 14.3 Å². The molecule has 1 amide bonds. The van der Waals surface area contributed by atoms with Crippen molar-refractivity contribution in [2.75, 3.05) is 6.79 Å². The summed E-state index contributed by atoms with van der Waals surface area (Å²) in [6, 6.07) is 5.47. The monoisotopic (exact) mass is 312 g/mol. The van der Waals surface area contributed by atoms with Crippen molar-refractivity contribution in [3.8, 4) is 11.5 Å². The van der Waals surface area contributed by atoms with Crippen LogP contribution in [0.25, 0.3) is 0 Å². The molecule has 0 aliphatic carbocycles. The van der Waals surface area contributed by atoms with E-state index in [1.807, 2.05) is 22.8 Å². The highest BCUT2D eigenvalue weighted by Gasteiger charge is 2.16. The van der Waals surface area contributed by atoms with Crippen molar-refractivity contribution in [2.45, 2.75) is 25.8 Å². The average molecular weight is 312 g/mol. The lowest BCUT2D eigenvalue weighted by Crippen LogP contribution is -2.18. The molecule has 2 aromatic rings. The number of amides is 1. The Morgan fingerprint density at radius 2 is 2.22 bits per heavy atom. The van der Waals surface area contributed by atoms with Crippen molar-refractivity contribution in [1.82, 2.24) is 15.0 Å². The number of rotatable bonds is 3. The van der Waals surface area contributed by atoms with Crippen LogP contribution in [-0.4, -0.2) is 28.5 Å². The molecule has 0 spiro atoms. The molecule has 2 aliphatic rings. The van der Waals surface area contributed by atoms with Gasteiger partial charge >= 0.3 is 0 Å². The van der Waals surface area contributed by atoms with E-state index >= 15 is 0 Å². The van der Waals surface area contributed by atoms with Crippen molar-refractivity contribution >= 4 is 12.1 Å². The van der Waals surface area contributed by atoms with Gasteiger partial charge < -0.3 is 14.0 Å². The maximum Gasteiger partial charge on any atom is 0.291 e. The van der Waals surface area contributed by atoms with Gasteiger partial charge in [0.1, 0.15) is 11.5 Å². The van der Waals surface area contributed by atoms with Crippen LogP contribution >= 0.6 is 0 Å². The van der Waals surface area contributed by atoms with Crippen LogP contribution in [0, 0.1) is 0 Å². The van der Waals surface area contributed by atoms with Crippen molar-refractivity contribution in [1.29, 1.82) is 0 Å². The molecule has 0 atom stereocenters. The van der Waals surface area contributed by atoms with Gasteiger partial charge in [0.25, 0.3) is 5.91 Å². The van der Waals surface area contributed by atoms with E-state index in [4.69, 9.17) is 9.47 Å². The zero-order valence-electron chi connectivity index (χ0n) is 12.5. The molecule has 1 aromatic carbocycles. The van der Waals surface area contributed by atoms with Gasteiger partial charge in [-0.15, -0.1) is 0 Å². The Morgan fingerprint density at radius 3 is 3.13 bits per heavy atom. The van der Waals surface area contributed by atoms with Gasteiger partial charge in [0.2, 0.25) is 6.79 Å². The summed E-state index contributed by atoms with van der Waals surface area (Å²) in [4.78, 5) is 16.5. The number of hydrazone groups is 1. The molecule has 0 bridgehead atoms. The second-order valence-electron chi connectivity index (χ2n) is 5.50. The fourth-order valence-corrected chi connectivity index (χ4v) is 2.74. The minimum absolute atomic E-state index is 0.234. The Labute approximate surface area is 132 Å². The highest BCUT2D eigenvalue weighted by molar-refractivity contribution is 5.93. The quantitative estimate of drug-likeness (QED) is 0.691. The summed E-state index contributed by atoms with van der Waals surface area (Å²) in [5.41, 5.74) is 3.73. The van der Waals surface area contributed by atoms with E-state index in [1.165, 1.54) is 0 Å². The number of fused-ring (bicyclic) bond motifs is 2. The molecule has 4 rings (SSSR count). The number of ether oxygens (including phenoxy) is 2. The third-order valence-electron chi connectivity index (χ3n) is 3.92. The predicted octanol–water partition coefficient (Wildman–Crippen LogP) is 1.71. The first-order valence-corrected chi connectivity index (χ1v) is 7.59. The normalized spacial score (nSPS) is 15.7. The van der Waals surface area contributed by atoms with E-state index in [-0.39, 0.29) is 12.7 Å². The SMILES string of the molecule is O=C(N/N=C\c1ccc2c(c1)OCO2)c1cn2c(n1)CCCC2. The summed E-state index contributed by atoms with van der Waals surface area (Å²) in [7, 11) is 0. The fourth-order valence-electron chi connectivity index (χ4n) is 2.74. The third-order valence-corrected chi connectivity index (χ3v) is 3.92. The number of aromatic nitrogens is 2. The van der Waals surface area contributed by atoms with Crippen molar-refractivity contribution in [3.63, 3.8) is 0 Å². The van der Waals surface area contributed by atoms with Gasteiger partial charge in [-0.25, -0.2) is 10.4 Å². The molecule has 7 nitrogen and oxygen atoms in total. The zero-order valence-corrected chi connectivity index (χ0v) is 12.5. The van der Waals surface area contributed by atoms with Crippen LogP contribution in [0.15, 0.2) is 29.5 Å². The van der Waals surface area contributed by atoms with E-state index in [1.54, 1.807) is 12.4 Å². The summed E-state index contributed by atoms with van der Waals surface area (Å²) in [5.74, 6) is 2.07. The standard InChI is InChI=1S/C16H16N4O3/c21-16(12-9-20-6-2-1-3-15(20)18-12)19-17-8-11-4-5-13-14(7-11)23-10-22-13/h4-5,7-9H,1-3,6,10H2,(H,19,21)/b17-8-. The Morgan fingerprint density at radius 1 is 1.30 bits per heavy atom. The summed E-state index contributed by atoms with van der Waals surface area (Å²) >= 11 is 0. The summed E-state index contributed by atoms with van der Waals surface area (Å²) in [6.45, 7) is 1.16. The van der Waals surface area contributed by atoms with Crippen molar-refractivity contribution in [2.24, 2.45) is 5.10 Å². The van der Waals surface area contributed by atoms with E-state index < -0.39 is 0 Å². The Balaban J connectivity index is 1.42. The number of benzene rings is 1. The summed E-state index contributed by atoms with van der Waals surface area (Å²) in [5, 5.41) is 3.98. The molecule has 118 valence electrons. The molecule has 1 N–H and O–H groups in total. The smallest absolute Gasteiger partial charge is 0.291 e. The first kappa shape index (κ1) is 13.8. The number of carbonyl (C=O) groups is 1. The molecular weight excluding hydrogens is 296 g/mol. The van der Waals surface area contributed by atoms with Crippen LogP contribution in [0.3, 0.4) is 0 Å². The van der Waals surface area contributed by atoms with Crippen LogP contribution in [0.4, 0.5) is 0 Å². The van der Waals surface area contributed by atoms with Crippen LogP contribution < -0.4 is 14.9 Å². The highest BCUT2D eigenvalue weighted by Crippen LogP contribution is 2.31. The topological polar surface area (TPSA) is 77.7 Å². The molecule has 0 fully saturated rings. The van der Waals surface area contributed by atoms with E-state index in [9.17, 15) is 4.79 Å². The number of hydrogen-bond donors (Lipinski definition) is 1. The van der Waals surface area contributed by atoms with E-state index in [0.29, 0.717) is 11.4 Å². The fraction of sp³-hybridized carbons (Fsp3) is 0.312. The first-order valence-electron chi connectivity index (χ1n) is 7.59. The zero-order chi connectivity index (χ0) is 15.6. The van der Waals surface area contributed by atoms with Gasteiger partial charge in [-0.2, -0.15) is 5.10 Å². The average Bonchev–Trinajstić information content (AvgIpc) is 3.20. The van der Waals surface area contributed by atoms with Gasteiger partial charge in [-0.05, 0) is 36.6 Å². The number of hydrogen-bond acceptors (Lipinski definition) is 5. The molecule has 7 heteroatoms. The number of carbonyl (C=O) groups excluding carboxylic acids is 1. The molecular formula is C16H16N4O3. The van der Waals surface area contributed by atoms with Crippen LogP contribution in [0.2, 0.25) is 0 Å². The lowest BCUT2D eigenvalue weighted by molar-refractivity contribution is 0.0950. The summed E-state index contributed by atoms with van der Waals surface area (Å²) < 4.78 is 12.6. The second-order valence-corrected chi connectivity index (χ2v) is 5.50. The molecule has 0 unspecified atom stereocenters. The Kier molecular flexibility index (Phi) is 3.45. The van der Waals surface area contributed by atoms with Crippen LogP contribution in [-0.2, 0) is 13.0 Å². The van der Waals surface area contributed by atoms with Gasteiger partial charge in [0.15, 0.2) is 11.5 Å². The molecule has 3 heterocycles. The van der Waals surface area contributed by atoms with E-state index in [0.717, 1.165) is 42.9 Å². The van der Waals surface area contributed by atoms with Gasteiger partial charge in [0, 0.05) is 19.2 Å². The second kappa shape index (κ2) is 5.75. The molecule has 2 aliphatic heterocycles. The molecule has 1 aromatic heterocycles. The number of nitrogens with zero attached hydrogens (tertiary/aromatic N) is 3. The lowest BCUT2D eigenvalue weighted by Gasteiger charge is -2.11. The minimum atomic E-state index is -0.302. The maximum absolute atomic E-state index is 12.1. The van der Waals surface area contributed by atoms with Crippen molar-refractivity contribution in [3.05, 3.63) is 41.5 Å². The first-order chi connectivity index (χ1) is 11.3. The maximum atomic E-state index is 12.1. The Bertz CT molecular complexity index is 758. The minimum Gasteiger partial charge on any atom is -0.454 e. The molecule has 23 heavy (non-hydrogen) atoms. The lowest BCUT2D eigenvalue weighted by atomic mass is 10.2. The van der Waals surface area contributed by atoms with E-state index in [2.05, 4.69) is 15.5 Å². The largest absolute Gasteiger partial charge is 0.454 e. The van der Waals surface area contributed by atoms with Gasteiger partial charge in [-0.1, -0.05) is 0 Å². The number of aryl methyl sites for hydroxylation is 2. The van der Waals surface area contributed by atoms with Crippen LogP contribution in [0.1, 0.15) is 34.7 Å². The summed E-state index contributed by atoms with van der Waals surface area (Å²) in [6.07, 6.45) is 6.54.